The van der Waals surface area contributed by atoms with Crippen LogP contribution in [-0.2, 0) is 20.8 Å². The zero-order valence-corrected chi connectivity index (χ0v) is 21.4. The molecular formula is C29H32N2O7. The van der Waals surface area contributed by atoms with Gasteiger partial charge >= 0.3 is 0 Å². The Hall–Kier alpha value is -3.69. The summed E-state index contributed by atoms with van der Waals surface area (Å²) in [5.41, 5.74) is 4.50. The monoisotopic (exact) mass is 520 g/mol. The van der Waals surface area contributed by atoms with Crippen molar-refractivity contribution in [3.63, 3.8) is 0 Å². The molecule has 1 amide bonds. The summed E-state index contributed by atoms with van der Waals surface area (Å²) in [5, 5.41) is 44.6. The summed E-state index contributed by atoms with van der Waals surface area (Å²) >= 11 is 0. The average molecular weight is 521 g/mol. The molecule has 5 rings (SSSR count). The number of fused-ring (bicyclic) bond motifs is 3. The largest absolute Gasteiger partial charge is 0.508 e. The van der Waals surface area contributed by atoms with Gasteiger partial charge in [0.1, 0.15) is 22.8 Å². The van der Waals surface area contributed by atoms with Crippen molar-refractivity contribution >= 4 is 29.3 Å². The number of primary amides is 1. The summed E-state index contributed by atoms with van der Waals surface area (Å²) in [6.07, 6.45) is 10.8. The van der Waals surface area contributed by atoms with Crippen LogP contribution in [0.15, 0.2) is 46.8 Å². The number of aromatic hydroxyl groups is 1. The van der Waals surface area contributed by atoms with Gasteiger partial charge in [-0.3, -0.25) is 19.3 Å². The lowest BCUT2D eigenvalue weighted by Gasteiger charge is -2.50. The highest BCUT2D eigenvalue weighted by Crippen LogP contribution is 2.53. The molecule has 0 aliphatic heterocycles. The molecule has 4 aliphatic carbocycles. The van der Waals surface area contributed by atoms with Crippen molar-refractivity contribution in [2.75, 3.05) is 14.1 Å². The predicted octanol–water partition coefficient (Wildman–Crippen LogP) is 2.48. The van der Waals surface area contributed by atoms with E-state index in [0.29, 0.717) is 5.56 Å². The number of ketones is 2. The van der Waals surface area contributed by atoms with E-state index >= 15 is 0 Å². The van der Waals surface area contributed by atoms with Crippen LogP contribution in [0.3, 0.4) is 0 Å². The minimum atomic E-state index is -2.63. The Labute approximate surface area is 220 Å². The number of hydrogen-bond acceptors (Lipinski definition) is 8. The number of aliphatic hydroxyl groups is 3. The van der Waals surface area contributed by atoms with Crippen molar-refractivity contribution in [2.45, 2.75) is 50.2 Å². The van der Waals surface area contributed by atoms with Crippen LogP contribution in [0.4, 0.5) is 0 Å². The molecule has 0 bridgehead atoms. The minimum Gasteiger partial charge on any atom is -0.508 e. The molecule has 9 heteroatoms. The third-order valence-corrected chi connectivity index (χ3v) is 8.44. The topological polar surface area (TPSA) is 161 Å². The number of aliphatic hydroxyl groups excluding tert-OH is 2. The molecule has 1 saturated carbocycles. The van der Waals surface area contributed by atoms with Gasteiger partial charge in [-0.15, -0.1) is 0 Å². The van der Waals surface area contributed by atoms with Crippen LogP contribution in [-0.4, -0.2) is 68.5 Å². The molecular weight excluding hydrogens is 488 g/mol. The molecule has 6 N–H and O–H groups in total. The van der Waals surface area contributed by atoms with E-state index in [9.17, 15) is 34.8 Å². The molecule has 0 saturated heterocycles. The van der Waals surface area contributed by atoms with Crippen LogP contribution >= 0.6 is 0 Å². The van der Waals surface area contributed by atoms with Crippen molar-refractivity contribution < 1.29 is 34.8 Å². The number of phenolic OH excluding ortho intramolecular Hbond substituents is 1. The predicted molar refractivity (Wildman–Crippen MR) is 140 cm³/mol. The quantitative estimate of drug-likeness (QED) is 0.378. The number of likely N-dealkylation sites (N-methyl/N-ethyl adjacent to an activating group) is 1. The van der Waals surface area contributed by atoms with Crippen LogP contribution < -0.4 is 5.73 Å². The lowest BCUT2D eigenvalue weighted by atomic mass is 9.57. The second-order valence-electron chi connectivity index (χ2n) is 10.8. The van der Waals surface area contributed by atoms with Gasteiger partial charge in [-0.25, -0.2) is 0 Å². The maximum atomic E-state index is 13.9. The standard InChI is InChI=1S/C29H32N2O7/c1-31(2)23-18-13-16-12-17-15(9-8-14-6-4-3-5-7-14)10-11-19(32)21(17)24(33)20(16)26(35)29(18,38)27(36)22(25(23)34)28(30)37/h6,8-11,16,18,23,32-33,36,38H,3-5,7,12-13H2,1-2H3,(H2,30,37)/b9-8+/t16-,18-,23-,29-/m0/s1. The number of nitrogens with zero attached hydrogens (tertiary/aromatic N) is 1. The number of carbonyl (C=O) groups excluding carboxylic acids is 3. The molecule has 0 aromatic heterocycles. The smallest absolute Gasteiger partial charge is 0.255 e. The molecule has 0 spiro atoms. The van der Waals surface area contributed by atoms with E-state index < -0.39 is 58.0 Å². The van der Waals surface area contributed by atoms with Crippen molar-refractivity contribution in [3.05, 3.63) is 63.5 Å². The zero-order valence-electron chi connectivity index (χ0n) is 21.4. The summed E-state index contributed by atoms with van der Waals surface area (Å²) in [6, 6.07) is 2.10. The third kappa shape index (κ3) is 3.72. The van der Waals surface area contributed by atoms with Gasteiger partial charge in [0.25, 0.3) is 5.91 Å². The summed E-state index contributed by atoms with van der Waals surface area (Å²) in [7, 11) is 3.16. The number of benzene rings is 1. The van der Waals surface area contributed by atoms with E-state index in [4.69, 9.17) is 5.73 Å². The maximum absolute atomic E-state index is 13.9. The second-order valence-corrected chi connectivity index (χ2v) is 10.8. The molecule has 0 heterocycles. The first-order chi connectivity index (χ1) is 18.0. The first-order valence-electron chi connectivity index (χ1n) is 12.8. The van der Waals surface area contributed by atoms with Gasteiger partial charge in [-0.2, -0.15) is 0 Å². The van der Waals surface area contributed by atoms with Crippen molar-refractivity contribution in [3.8, 4) is 5.75 Å². The molecule has 1 aromatic rings. The van der Waals surface area contributed by atoms with Gasteiger partial charge in [0.2, 0.25) is 5.78 Å². The van der Waals surface area contributed by atoms with Gasteiger partial charge in [0.15, 0.2) is 11.4 Å². The number of hydrogen-bond donors (Lipinski definition) is 5. The average Bonchev–Trinajstić information content (AvgIpc) is 2.86. The summed E-state index contributed by atoms with van der Waals surface area (Å²) in [5.74, 6) is -6.51. The Morgan fingerprint density at radius 2 is 1.87 bits per heavy atom. The van der Waals surface area contributed by atoms with Gasteiger partial charge in [-0.1, -0.05) is 29.9 Å². The molecule has 38 heavy (non-hydrogen) atoms. The Bertz CT molecular complexity index is 1380. The highest BCUT2D eigenvalue weighted by molar-refractivity contribution is 6.24. The Morgan fingerprint density at radius 3 is 2.50 bits per heavy atom. The van der Waals surface area contributed by atoms with Crippen molar-refractivity contribution in [1.82, 2.24) is 4.90 Å². The fourth-order valence-corrected chi connectivity index (χ4v) is 6.64. The lowest BCUT2D eigenvalue weighted by molar-refractivity contribution is -0.153. The molecule has 200 valence electrons. The van der Waals surface area contributed by atoms with E-state index in [0.717, 1.165) is 24.8 Å². The van der Waals surface area contributed by atoms with E-state index in [1.807, 2.05) is 12.2 Å². The minimum absolute atomic E-state index is 0.0652. The molecule has 1 aromatic carbocycles. The fraction of sp³-hybridized carbons (Fsp3) is 0.414. The Kier molecular flexibility index (Phi) is 6.31. The maximum Gasteiger partial charge on any atom is 0.255 e. The summed E-state index contributed by atoms with van der Waals surface area (Å²) in [4.78, 5) is 40.6. The molecule has 0 unspecified atom stereocenters. The third-order valence-electron chi connectivity index (χ3n) is 8.44. The summed E-state index contributed by atoms with van der Waals surface area (Å²) in [6.45, 7) is 0. The fourth-order valence-electron chi connectivity index (χ4n) is 6.64. The Balaban J connectivity index is 1.66. The first-order valence-corrected chi connectivity index (χ1v) is 12.8. The molecule has 4 aliphatic rings. The van der Waals surface area contributed by atoms with E-state index in [1.165, 1.54) is 23.0 Å². The van der Waals surface area contributed by atoms with Crippen molar-refractivity contribution in [1.29, 1.82) is 0 Å². The van der Waals surface area contributed by atoms with Gasteiger partial charge in [0, 0.05) is 11.5 Å². The number of carbonyl (C=O) groups is 3. The number of allylic oxidation sites excluding steroid dienone is 3. The van der Waals surface area contributed by atoms with Crippen LogP contribution in [0.2, 0.25) is 0 Å². The SMILES string of the molecule is CN(C)[C@@H]1C(=O)C(C(N)=O)=C(O)[C@@]2(O)C(=O)C3=C(O)c4c(O)ccc(/C=C/C5=CCCCC5)c4C[C@H]3C[C@@H]12. The Morgan fingerprint density at radius 1 is 1.13 bits per heavy atom. The second kappa shape index (κ2) is 9.25. The van der Waals surface area contributed by atoms with Crippen LogP contribution in [0.25, 0.3) is 11.8 Å². The van der Waals surface area contributed by atoms with Gasteiger partial charge < -0.3 is 26.2 Å². The highest BCUT2D eigenvalue weighted by Gasteiger charge is 2.64. The van der Waals surface area contributed by atoms with Crippen LogP contribution in [0, 0.1) is 11.8 Å². The number of amides is 1. The van der Waals surface area contributed by atoms with Crippen molar-refractivity contribution in [2.24, 2.45) is 17.6 Å². The lowest BCUT2D eigenvalue weighted by Crippen LogP contribution is -2.65. The van der Waals surface area contributed by atoms with E-state index in [2.05, 4.69) is 6.08 Å². The van der Waals surface area contributed by atoms with Crippen LogP contribution in [0.1, 0.15) is 48.8 Å². The van der Waals surface area contributed by atoms with E-state index in [1.54, 1.807) is 20.2 Å². The zero-order chi connectivity index (χ0) is 27.5. The van der Waals surface area contributed by atoms with Gasteiger partial charge in [0.05, 0.1) is 11.6 Å². The molecule has 4 atom stereocenters. The molecule has 0 radical (unpaired) electrons. The number of nitrogens with two attached hydrogens (primary N) is 1. The number of rotatable bonds is 4. The first kappa shape index (κ1) is 25.9. The van der Waals surface area contributed by atoms with E-state index in [-0.39, 0.29) is 29.7 Å². The number of Topliss-reactive ketones (excluding diaryl/α,β-unsaturated/α-hetero) is 2. The summed E-state index contributed by atoms with van der Waals surface area (Å²) < 4.78 is 0. The van der Waals surface area contributed by atoms with Crippen LogP contribution in [0.5, 0.6) is 5.75 Å². The molecule has 1 fully saturated rings. The van der Waals surface area contributed by atoms with Gasteiger partial charge in [-0.05, 0) is 75.7 Å². The normalized spacial score (nSPS) is 29.4. The highest BCUT2D eigenvalue weighted by atomic mass is 16.3. The number of phenols is 1. The molecule has 9 nitrogen and oxygen atoms in total.